The number of methoxy groups -OCH3 is 1. The van der Waals surface area contributed by atoms with Gasteiger partial charge in [0.1, 0.15) is 16.9 Å². The van der Waals surface area contributed by atoms with Gasteiger partial charge in [0, 0.05) is 17.0 Å². The zero-order valence-electron chi connectivity index (χ0n) is 18.6. The van der Waals surface area contributed by atoms with E-state index >= 15 is 0 Å². The van der Waals surface area contributed by atoms with Crippen molar-refractivity contribution in [1.29, 1.82) is 5.26 Å². The third-order valence-electron chi connectivity index (χ3n) is 5.94. The number of amides is 3. The first-order valence-electron chi connectivity index (χ1n) is 10.6. The monoisotopic (exact) mass is 512 g/mol. The third-order valence-corrected chi connectivity index (χ3v) is 7.60. The van der Waals surface area contributed by atoms with E-state index in [2.05, 4.69) is 16.0 Å². The second-order valence-electron chi connectivity index (χ2n) is 7.92. The lowest BCUT2D eigenvalue weighted by molar-refractivity contribution is -0.119. The first-order chi connectivity index (χ1) is 16.8. The number of imide groups is 1. The molecule has 1 aromatic carbocycles. The summed E-state index contributed by atoms with van der Waals surface area (Å²) in [4.78, 5) is 39.0. The highest BCUT2D eigenvalue weighted by atomic mass is 35.5. The Morgan fingerprint density at radius 3 is 2.83 bits per heavy atom. The fourth-order valence-electron chi connectivity index (χ4n) is 4.32. The Morgan fingerprint density at radius 1 is 1.29 bits per heavy atom. The number of thioether (sulfide) groups is 1. The smallest absolute Gasteiger partial charge is 0.333 e. The van der Waals surface area contributed by atoms with Gasteiger partial charge >= 0.3 is 6.03 Å². The average molecular weight is 513 g/mol. The minimum Gasteiger partial charge on any atom is -0.494 e. The summed E-state index contributed by atoms with van der Waals surface area (Å²) in [6.07, 6.45) is 6.49. The number of rotatable bonds is 5. The Bertz CT molecular complexity index is 1450. The standard InChI is InChI=1S/C23H18ClFN6O3S/c1-12-28-10-13-9-27-11-20(30(12)13)31-22(32)21-17(29(23(31)33)5-3-4-26)8-19(35-21)14-6-18(34-2)16(25)7-15(14)24/h6-11,17,21H,3,5H2,1-2H3. The molecule has 4 heterocycles. The normalized spacial score (nSPS) is 19.7. The molecule has 35 heavy (non-hydrogen) atoms. The van der Waals surface area contributed by atoms with Gasteiger partial charge in [-0.15, -0.1) is 11.8 Å². The Labute approximate surface area is 208 Å². The molecular weight excluding hydrogens is 495 g/mol. The maximum atomic E-state index is 14.1. The van der Waals surface area contributed by atoms with Crippen LogP contribution in [0.3, 0.4) is 0 Å². The molecule has 12 heteroatoms. The molecule has 0 N–H and O–H groups in total. The summed E-state index contributed by atoms with van der Waals surface area (Å²) in [5.41, 5.74) is 1.12. The van der Waals surface area contributed by atoms with E-state index in [-0.39, 0.29) is 29.6 Å². The highest BCUT2D eigenvalue weighted by molar-refractivity contribution is 8.09. The summed E-state index contributed by atoms with van der Waals surface area (Å²) >= 11 is 7.56. The van der Waals surface area contributed by atoms with Crippen molar-refractivity contribution in [3.8, 4) is 11.8 Å². The number of carbonyl (C=O) groups excluding carboxylic acids is 2. The third kappa shape index (κ3) is 3.69. The molecule has 1 saturated heterocycles. The first kappa shape index (κ1) is 23.1. The molecule has 0 aliphatic carbocycles. The van der Waals surface area contributed by atoms with Crippen LogP contribution in [-0.4, -0.2) is 56.2 Å². The lowest BCUT2D eigenvalue weighted by Crippen LogP contribution is -2.62. The number of carbonyl (C=O) groups is 2. The fourth-order valence-corrected chi connectivity index (χ4v) is 5.98. The Morgan fingerprint density at radius 2 is 2.09 bits per heavy atom. The molecule has 0 saturated carbocycles. The summed E-state index contributed by atoms with van der Waals surface area (Å²) in [7, 11) is 1.35. The van der Waals surface area contributed by atoms with Crippen LogP contribution in [0.5, 0.6) is 5.75 Å². The van der Waals surface area contributed by atoms with Crippen molar-refractivity contribution in [2.75, 3.05) is 18.6 Å². The summed E-state index contributed by atoms with van der Waals surface area (Å²) in [5.74, 6) is -0.168. The Kier molecular flexibility index (Phi) is 5.86. The van der Waals surface area contributed by atoms with Crippen LogP contribution in [0, 0.1) is 24.1 Å². The molecule has 3 amide bonds. The molecule has 9 nitrogen and oxygen atoms in total. The van der Waals surface area contributed by atoms with Gasteiger partial charge in [-0.05, 0) is 25.1 Å². The molecule has 0 spiro atoms. The van der Waals surface area contributed by atoms with Gasteiger partial charge in [0.15, 0.2) is 11.6 Å². The van der Waals surface area contributed by atoms with Gasteiger partial charge in [0.05, 0.1) is 54.8 Å². The average Bonchev–Trinajstić information content (AvgIpc) is 3.44. The number of hydrogen-bond donors (Lipinski definition) is 0. The van der Waals surface area contributed by atoms with Crippen molar-refractivity contribution in [2.24, 2.45) is 0 Å². The molecule has 2 aliphatic heterocycles. The summed E-state index contributed by atoms with van der Waals surface area (Å²) in [6.45, 7) is 1.89. The number of urea groups is 1. The molecule has 0 radical (unpaired) electrons. The maximum Gasteiger partial charge on any atom is 0.333 e. The van der Waals surface area contributed by atoms with Crippen molar-refractivity contribution in [3.63, 3.8) is 0 Å². The number of imidazole rings is 1. The number of fused-ring (bicyclic) bond motifs is 2. The molecule has 2 unspecified atom stereocenters. The Hall–Kier alpha value is -3.62. The summed E-state index contributed by atoms with van der Waals surface area (Å²) < 4.78 is 20.9. The number of nitrogens with zero attached hydrogens (tertiary/aromatic N) is 6. The minimum absolute atomic E-state index is 0.0134. The van der Waals surface area contributed by atoms with Crippen LogP contribution < -0.4 is 9.64 Å². The van der Waals surface area contributed by atoms with Crippen LogP contribution in [0.2, 0.25) is 5.02 Å². The van der Waals surface area contributed by atoms with Gasteiger partial charge in [0.25, 0.3) is 5.91 Å². The minimum atomic E-state index is -0.701. The first-order valence-corrected chi connectivity index (χ1v) is 11.8. The molecule has 0 bridgehead atoms. The van der Waals surface area contributed by atoms with E-state index in [0.29, 0.717) is 21.8 Å². The van der Waals surface area contributed by atoms with E-state index in [9.17, 15) is 19.2 Å². The number of hydrogen-bond acceptors (Lipinski definition) is 7. The van der Waals surface area contributed by atoms with E-state index in [1.807, 2.05) is 0 Å². The lowest BCUT2D eigenvalue weighted by atomic mass is 10.1. The van der Waals surface area contributed by atoms with Crippen molar-refractivity contribution in [1.82, 2.24) is 19.3 Å². The zero-order chi connectivity index (χ0) is 24.9. The second-order valence-corrected chi connectivity index (χ2v) is 9.51. The molecule has 2 atom stereocenters. The van der Waals surface area contributed by atoms with Crippen LogP contribution in [0.25, 0.3) is 10.4 Å². The number of halogens is 2. The van der Waals surface area contributed by atoms with Crippen LogP contribution in [-0.2, 0) is 4.79 Å². The number of aryl methyl sites for hydroxylation is 1. The second kappa shape index (κ2) is 8.87. The molecule has 1 fully saturated rings. The quantitative estimate of drug-likeness (QED) is 0.508. The maximum absolute atomic E-state index is 14.1. The van der Waals surface area contributed by atoms with Crippen LogP contribution >= 0.6 is 23.4 Å². The van der Waals surface area contributed by atoms with Crippen molar-refractivity contribution >= 4 is 51.5 Å². The van der Waals surface area contributed by atoms with Crippen molar-refractivity contribution < 1.29 is 18.7 Å². The van der Waals surface area contributed by atoms with E-state index in [1.54, 1.807) is 29.8 Å². The lowest BCUT2D eigenvalue weighted by Gasteiger charge is -2.40. The fraction of sp³-hybridized carbons (Fsp3) is 0.261. The highest BCUT2D eigenvalue weighted by Crippen LogP contribution is 2.47. The number of aromatic nitrogens is 3. The number of anilines is 1. The molecule has 2 aliphatic rings. The predicted octanol–water partition coefficient (Wildman–Crippen LogP) is 4.05. The molecular formula is C23H18ClFN6O3S. The van der Waals surface area contributed by atoms with Gasteiger partial charge in [-0.25, -0.2) is 19.1 Å². The summed E-state index contributed by atoms with van der Waals surface area (Å²) in [5, 5.41) is 8.63. The SMILES string of the molecule is COc1cc(C2=CC3C(S2)C(=O)N(c2cncc4cnc(C)n24)C(=O)N3CCC#N)c(Cl)cc1F. The zero-order valence-corrected chi connectivity index (χ0v) is 20.2. The van der Waals surface area contributed by atoms with Crippen LogP contribution in [0.15, 0.2) is 36.8 Å². The van der Waals surface area contributed by atoms with E-state index in [1.165, 1.54) is 36.0 Å². The van der Waals surface area contributed by atoms with Gasteiger partial charge < -0.3 is 9.64 Å². The van der Waals surface area contributed by atoms with E-state index in [0.717, 1.165) is 11.0 Å². The van der Waals surface area contributed by atoms with Crippen LogP contribution in [0.1, 0.15) is 17.8 Å². The number of benzene rings is 1. The van der Waals surface area contributed by atoms with Crippen molar-refractivity contribution in [3.05, 3.63) is 59.0 Å². The van der Waals surface area contributed by atoms with Gasteiger partial charge in [-0.1, -0.05) is 11.6 Å². The summed E-state index contributed by atoms with van der Waals surface area (Å²) in [6, 6.07) is 3.51. The van der Waals surface area contributed by atoms with E-state index < -0.39 is 29.0 Å². The number of ether oxygens (including phenoxy) is 1. The predicted molar refractivity (Wildman–Crippen MR) is 129 cm³/mol. The molecule has 2 aromatic heterocycles. The molecule has 178 valence electrons. The largest absolute Gasteiger partial charge is 0.494 e. The topological polar surface area (TPSA) is 104 Å². The van der Waals surface area contributed by atoms with E-state index in [4.69, 9.17) is 16.3 Å². The molecule has 3 aromatic rings. The van der Waals surface area contributed by atoms with Gasteiger partial charge in [0.2, 0.25) is 0 Å². The van der Waals surface area contributed by atoms with Gasteiger partial charge in [-0.3, -0.25) is 14.2 Å². The van der Waals surface area contributed by atoms with Crippen molar-refractivity contribution in [2.45, 2.75) is 24.6 Å². The molecule has 5 rings (SSSR count). The highest BCUT2D eigenvalue weighted by Gasteiger charge is 2.50. The number of nitriles is 1. The Balaban J connectivity index is 1.59. The van der Waals surface area contributed by atoms with Crippen LogP contribution in [0.4, 0.5) is 15.0 Å². The van der Waals surface area contributed by atoms with Gasteiger partial charge in [-0.2, -0.15) is 5.26 Å².